The van der Waals surface area contributed by atoms with E-state index in [0.717, 1.165) is 16.5 Å². The quantitative estimate of drug-likeness (QED) is 0.738. The van der Waals surface area contributed by atoms with Crippen LogP contribution in [-0.4, -0.2) is 32.2 Å². The van der Waals surface area contributed by atoms with E-state index in [0.29, 0.717) is 30.9 Å². The van der Waals surface area contributed by atoms with E-state index >= 15 is 0 Å². The van der Waals surface area contributed by atoms with Crippen LogP contribution in [0.3, 0.4) is 0 Å². The molecule has 0 fully saturated rings. The molecule has 7 heteroatoms. The fourth-order valence-corrected chi connectivity index (χ4v) is 3.31. The normalized spacial score (nSPS) is 13.6. The Morgan fingerprint density at radius 1 is 1.30 bits per heavy atom. The van der Waals surface area contributed by atoms with Gasteiger partial charge in [-0.2, -0.15) is 5.10 Å². The van der Waals surface area contributed by atoms with Gasteiger partial charge in [-0.3, -0.25) is 9.89 Å². The number of benzene rings is 2. The number of hydrogen-bond donors (Lipinski definition) is 2. The van der Waals surface area contributed by atoms with Crippen LogP contribution < -0.4 is 0 Å². The predicted molar refractivity (Wildman–Crippen MR) is 97.7 cm³/mol. The molecule has 2 N–H and O–H groups in total. The Morgan fingerprint density at radius 3 is 2.85 bits per heavy atom. The minimum absolute atomic E-state index is 0.0541. The highest BCUT2D eigenvalue weighted by molar-refractivity contribution is 6.01. The highest BCUT2D eigenvalue weighted by Crippen LogP contribution is 2.31. The van der Waals surface area contributed by atoms with Gasteiger partial charge in [0.1, 0.15) is 11.6 Å². The van der Waals surface area contributed by atoms with Gasteiger partial charge in [-0.15, -0.1) is 0 Å². The molecule has 0 bridgehead atoms. The van der Waals surface area contributed by atoms with Gasteiger partial charge >= 0.3 is 0 Å². The van der Waals surface area contributed by atoms with Gasteiger partial charge in [-0.05, 0) is 43.2 Å². The molecule has 1 aliphatic rings. The summed E-state index contributed by atoms with van der Waals surface area (Å²) < 4.78 is 19.0. The van der Waals surface area contributed by atoms with Crippen molar-refractivity contribution in [2.24, 2.45) is 0 Å². The zero-order valence-electron chi connectivity index (χ0n) is 15.1. The van der Waals surface area contributed by atoms with Gasteiger partial charge in [0.2, 0.25) is 0 Å². The average Bonchev–Trinajstić information content (AvgIpc) is 3.21. The third-order valence-electron chi connectivity index (χ3n) is 4.72. The van der Waals surface area contributed by atoms with Crippen molar-refractivity contribution in [3.63, 3.8) is 0 Å². The Balaban J connectivity index is 1.64. The highest BCUT2D eigenvalue weighted by Gasteiger charge is 2.27. The molecule has 0 saturated heterocycles. The van der Waals surface area contributed by atoms with Crippen molar-refractivity contribution in [2.45, 2.75) is 39.6 Å². The third kappa shape index (κ3) is 3.26. The number of aromatic nitrogens is 2. The summed E-state index contributed by atoms with van der Waals surface area (Å²) in [5, 5.41) is 18.1. The molecular weight excluding hydrogens is 349 g/mol. The van der Waals surface area contributed by atoms with Crippen LogP contribution in [0.15, 0.2) is 30.3 Å². The summed E-state index contributed by atoms with van der Waals surface area (Å²) in [6.45, 7) is 4.89. The molecule has 0 unspecified atom stereocenters. The summed E-state index contributed by atoms with van der Waals surface area (Å²) in [7, 11) is 0. The average molecular weight is 369 g/mol. The first-order valence-electron chi connectivity index (χ1n) is 8.80. The Labute approximate surface area is 155 Å². The molecule has 0 aliphatic carbocycles. The van der Waals surface area contributed by atoms with Crippen LogP contribution >= 0.6 is 0 Å². The maximum Gasteiger partial charge on any atom is 0.258 e. The van der Waals surface area contributed by atoms with Crippen LogP contribution in [-0.2, 0) is 24.4 Å². The van der Waals surface area contributed by atoms with Crippen molar-refractivity contribution in [1.82, 2.24) is 15.1 Å². The van der Waals surface area contributed by atoms with E-state index < -0.39 is 0 Å². The molecular formula is C20H20FN3O3. The largest absolute Gasteiger partial charge is 0.507 e. The maximum atomic E-state index is 13.4. The highest BCUT2D eigenvalue weighted by atomic mass is 19.1. The summed E-state index contributed by atoms with van der Waals surface area (Å²) in [5.41, 5.74) is 3.22. The first-order chi connectivity index (χ1) is 12.9. The number of rotatable bonds is 4. The number of carbonyl (C=O) groups is 1. The van der Waals surface area contributed by atoms with Gasteiger partial charge in [0.05, 0.1) is 29.5 Å². The van der Waals surface area contributed by atoms with E-state index in [2.05, 4.69) is 10.2 Å². The molecule has 4 rings (SSSR count). The van der Waals surface area contributed by atoms with Crippen molar-refractivity contribution < 1.29 is 19.0 Å². The lowest BCUT2D eigenvalue weighted by atomic mass is 10.1. The van der Waals surface area contributed by atoms with Crippen LogP contribution in [0.1, 0.15) is 41.0 Å². The molecule has 140 valence electrons. The number of nitrogens with zero attached hydrogens (tertiary/aromatic N) is 2. The van der Waals surface area contributed by atoms with Gasteiger partial charge in [-0.25, -0.2) is 4.39 Å². The Hall–Kier alpha value is -2.93. The molecule has 0 radical (unpaired) electrons. The smallest absolute Gasteiger partial charge is 0.258 e. The molecule has 0 spiro atoms. The number of phenols is 1. The number of fused-ring (bicyclic) bond motifs is 2. The number of halogens is 1. The third-order valence-corrected chi connectivity index (χ3v) is 4.72. The minimum atomic E-state index is -0.319. The number of hydrogen-bond acceptors (Lipinski definition) is 4. The molecule has 6 nitrogen and oxygen atoms in total. The fraction of sp³-hybridized carbons (Fsp3) is 0.300. The van der Waals surface area contributed by atoms with Crippen LogP contribution in [0, 0.1) is 5.82 Å². The molecule has 1 aliphatic heterocycles. The van der Waals surface area contributed by atoms with Gasteiger partial charge in [-0.1, -0.05) is 6.07 Å². The number of carbonyl (C=O) groups excluding carboxylic acids is 1. The number of H-pyrrole nitrogens is 1. The Kier molecular flexibility index (Phi) is 4.31. The fourth-order valence-electron chi connectivity index (χ4n) is 3.31. The van der Waals surface area contributed by atoms with Crippen LogP contribution in [0.5, 0.6) is 5.75 Å². The molecule has 27 heavy (non-hydrogen) atoms. The minimum Gasteiger partial charge on any atom is -0.507 e. The van der Waals surface area contributed by atoms with Crippen LogP contribution in [0.25, 0.3) is 10.9 Å². The summed E-state index contributed by atoms with van der Waals surface area (Å²) in [5.74, 6) is -0.738. The topological polar surface area (TPSA) is 78.5 Å². The number of aromatic hydroxyl groups is 1. The second-order valence-corrected chi connectivity index (χ2v) is 7.02. The molecule has 0 saturated carbocycles. The number of nitrogens with one attached hydrogen (secondary N) is 1. The van der Waals surface area contributed by atoms with E-state index in [1.54, 1.807) is 17.0 Å². The number of amides is 1. The van der Waals surface area contributed by atoms with E-state index in [1.807, 2.05) is 13.8 Å². The zero-order chi connectivity index (χ0) is 19.1. The summed E-state index contributed by atoms with van der Waals surface area (Å²) >= 11 is 0. The monoisotopic (exact) mass is 369 g/mol. The van der Waals surface area contributed by atoms with Crippen LogP contribution in [0.2, 0.25) is 0 Å². The number of phenolic OH excluding ortho intramolecular Hbond substituents is 1. The number of aromatic amines is 1. The summed E-state index contributed by atoms with van der Waals surface area (Å²) in [4.78, 5) is 14.6. The van der Waals surface area contributed by atoms with Crippen LogP contribution in [0.4, 0.5) is 4.39 Å². The standard InChI is InChI=1S/C20H20FN3O3/c1-11(2)27-10-18-15-6-16(19(25)7-17(15)22-23-18)20(26)24-8-12-3-4-14(21)5-13(12)9-24/h3-7,11,25H,8-10H2,1-2H3,(H,22,23). The summed E-state index contributed by atoms with van der Waals surface area (Å²) in [6, 6.07) is 7.67. The second kappa shape index (κ2) is 6.66. The van der Waals surface area contributed by atoms with Gasteiger partial charge in [0.25, 0.3) is 5.91 Å². The first kappa shape index (κ1) is 17.5. The Bertz CT molecular complexity index is 1030. The van der Waals surface area contributed by atoms with Crippen molar-refractivity contribution in [1.29, 1.82) is 0 Å². The molecule has 0 atom stereocenters. The molecule has 2 heterocycles. The van der Waals surface area contributed by atoms with Gasteiger partial charge < -0.3 is 14.7 Å². The van der Waals surface area contributed by atoms with E-state index in [9.17, 15) is 14.3 Å². The van der Waals surface area contributed by atoms with Crippen molar-refractivity contribution in [3.8, 4) is 5.75 Å². The van der Waals surface area contributed by atoms with Gasteiger partial charge in [0, 0.05) is 24.5 Å². The number of ether oxygens (including phenoxy) is 1. The SMILES string of the molecule is CC(C)OCc1n[nH]c2cc(O)c(C(=O)N3Cc4ccc(F)cc4C3)cc12. The van der Waals surface area contributed by atoms with Gasteiger partial charge in [0.15, 0.2) is 0 Å². The lowest BCUT2D eigenvalue weighted by Crippen LogP contribution is -2.25. The predicted octanol–water partition coefficient (Wildman–Crippen LogP) is 3.49. The van der Waals surface area contributed by atoms with Crippen molar-refractivity contribution in [2.75, 3.05) is 0 Å². The summed E-state index contributed by atoms with van der Waals surface area (Å²) in [6.07, 6.45) is 0.0541. The zero-order valence-corrected chi connectivity index (χ0v) is 15.1. The Morgan fingerprint density at radius 2 is 2.07 bits per heavy atom. The lowest BCUT2D eigenvalue weighted by molar-refractivity contribution is 0.0642. The van der Waals surface area contributed by atoms with E-state index in [-0.39, 0.29) is 29.1 Å². The van der Waals surface area contributed by atoms with Crippen molar-refractivity contribution in [3.05, 3.63) is 58.5 Å². The molecule has 3 aromatic rings. The first-order valence-corrected chi connectivity index (χ1v) is 8.80. The second-order valence-electron chi connectivity index (χ2n) is 7.02. The molecule has 2 aromatic carbocycles. The lowest BCUT2D eigenvalue weighted by Gasteiger charge is -2.16. The molecule has 1 amide bonds. The molecule has 1 aromatic heterocycles. The van der Waals surface area contributed by atoms with E-state index in [1.165, 1.54) is 18.2 Å². The maximum absolute atomic E-state index is 13.4. The van der Waals surface area contributed by atoms with Crippen molar-refractivity contribution >= 4 is 16.8 Å². The van der Waals surface area contributed by atoms with E-state index in [4.69, 9.17) is 4.74 Å².